The molecule has 7 heteroatoms. The van der Waals surface area contributed by atoms with E-state index in [9.17, 15) is 21.6 Å². The van der Waals surface area contributed by atoms with E-state index in [1.54, 1.807) is 0 Å². The zero-order valence-electron chi connectivity index (χ0n) is 8.70. The molecule has 3 nitrogen and oxygen atoms in total. The summed E-state index contributed by atoms with van der Waals surface area (Å²) in [6.45, 7) is 0.0337. The second-order valence-corrected chi connectivity index (χ2v) is 6.67. The highest BCUT2D eigenvalue weighted by Crippen LogP contribution is 2.37. The van der Waals surface area contributed by atoms with Crippen molar-refractivity contribution in [3.8, 4) is 0 Å². The molecule has 0 amide bonds. The summed E-state index contributed by atoms with van der Waals surface area (Å²) in [5.74, 6) is -1.34. The molecule has 2 aliphatic rings. The van der Waals surface area contributed by atoms with E-state index in [4.69, 9.17) is 0 Å². The Kier molecular flexibility index (Phi) is 2.94. The van der Waals surface area contributed by atoms with Gasteiger partial charge in [-0.05, 0) is 25.7 Å². The van der Waals surface area contributed by atoms with E-state index >= 15 is 0 Å². The molecule has 1 saturated heterocycles. The number of hydrogen-bond acceptors (Lipinski definition) is 2. The van der Waals surface area contributed by atoms with Gasteiger partial charge in [-0.15, -0.1) is 0 Å². The van der Waals surface area contributed by atoms with Gasteiger partial charge >= 0.3 is 6.18 Å². The first kappa shape index (κ1) is 12.2. The van der Waals surface area contributed by atoms with E-state index in [1.165, 1.54) is 4.31 Å². The zero-order valence-corrected chi connectivity index (χ0v) is 9.52. The van der Waals surface area contributed by atoms with Crippen LogP contribution in [-0.2, 0) is 10.0 Å². The van der Waals surface area contributed by atoms with E-state index in [0.717, 1.165) is 0 Å². The summed E-state index contributed by atoms with van der Waals surface area (Å²) in [4.78, 5) is 0. The van der Waals surface area contributed by atoms with Crippen molar-refractivity contribution >= 4 is 10.0 Å². The van der Waals surface area contributed by atoms with Crippen LogP contribution in [0.4, 0.5) is 13.2 Å². The summed E-state index contributed by atoms with van der Waals surface area (Å²) < 4.78 is 61.8. The monoisotopic (exact) mass is 257 g/mol. The van der Waals surface area contributed by atoms with Crippen LogP contribution < -0.4 is 0 Å². The zero-order chi connectivity index (χ0) is 12.0. The molecule has 0 aromatic rings. The SMILES string of the molecule is O=S(=O)(C1CC1)N1CCC(C(F)(F)F)CC1. The van der Waals surface area contributed by atoms with E-state index in [-0.39, 0.29) is 31.2 Å². The lowest BCUT2D eigenvalue weighted by Crippen LogP contribution is -2.43. The standard InChI is InChI=1S/C9H14F3NO2S/c10-9(11,12)7-3-5-13(6-4-7)16(14,15)8-1-2-8/h7-8H,1-6H2. The summed E-state index contributed by atoms with van der Waals surface area (Å²) in [6.07, 6.45) is -3.08. The molecule has 0 spiro atoms. The van der Waals surface area contributed by atoms with Gasteiger partial charge in [0.25, 0.3) is 0 Å². The minimum atomic E-state index is -4.19. The minimum absolute atomic E-state index is 0.0169. The van der Waals surface area contributed by atoms with Gasteiger partial charge < -0.3 is 0 Å². The summed E-state index contributed by atoms with van der Waals surface area (Å²) in [6, 6.07) is 0. The average molecular weight is 257 g/mol. The van der Waals surface area contributed by atoms with Gasteiger partial charge in [-0.1, -0.05) is 0 Å². The van der Waals surface area contributed by atoms with Gasteiger partial charge in [-0.2, -0.15) is 13.2 Å². The van der Waals surface area contributed by atoms with Crippen LogP contribution in [0.5, 0.6) is 0 Å². The molecule has 0 aromatic carbocycles. The van der Waals surface area contributed by atoms with E-state index < -0.39 is 22.1 Å². The van der Waals surface area contributed by atoms with Crippen LogP contribution in [0.1, 0.15) is 25.7 Å². The van der Waals surface area contributed by atoms with Crippen LogP contribution in [0.3, 0.4) is 0 Å². The Morgan fingerprint density at radius 1 is 1.00 bits per heavy atom. The molecule has 0 radical (unpaired) electrons. The number of piperidine rings is 1. The van der Waals surface area contributed by atoms with E-state index in [2.05, 4.69) is 0 Å². The predicted molar refractivity (Wildman–Crippen MR) is 52.3 cm³/mol. The van der Waals surface area contributed by atoms with E-state index in [0.29, 0.717) is 12.8 Å². The predicted octanol–water partition coefficient (Wildman–Crippen LogP) is 1.75. The van der Waals surface area contributed by atoms with Crippen molar-refractivity contribution in [1.29, 1.82) is 0 Å². The van der Waals surface area contributed by atoms with Crippen molar-refractivity contribution in [3.63, 3.8) is 0 Å². The first-order chi connectivity index (χ1) is 7.32. The molecule has 0 atom stereocenters. The topological polar surface area (TPSA) is 37.4 Å². The number of alkyl halides is 3. The molecular formula is C9H14F3NO2S. The van der Waals surface area contributed by atoms with Gasteiger partial charge in [0.15, 0.2) is 0 Å². The maximum Gasteiger partial charge on any atom is 0.391 e. The minimum Gasteiger partial charge on any atom is -0.212 e. The van der Waals surface area contributed by atoms with Crippen LogP contribution in [0.15, 0.2) is 0 Å². The number of rotatable bonds is 2. The first-order valence-corrected chi connectivity index (χ1v) is 6.88. The maximum absolute atomic E-state index is 12.4. The van der Waals surface area contributed by atoms with Crippen LogP contribution in [-0.4, -0.2) is 37.2 Å². The number of nitrogens with zero attached hydrogens (tertiary/aromatic N) is 1. The van der Waals surface area contributed by atoms with E-state index in [1.807, 2.05) is 0 Å². The number of halogens is 3. The van der Waals surface area contributed by atoms with Crippen LogP contribution in [0, 0.1) is 5.92 Å². The van der Waals surface area contributed by atoms with Crippen LogP contribution in [0.2, 0.25) is 0 Å². The molecule has 16 heavy (non-hydrogen) atoms. The Labute approximate surface area is 92.7 Å². The Bertz CT molecular complexity index is 353. The molecule has 2 rings (SSSR count). The quantitative estimate of drug-likeness (QED) is 0.756. The van der Waals surface area contributed by atoms with Crippen LogP contribution >= 0.6 is 0 Å². The van der Waals surface area contributed by atoms with Crippen molar-refractivity contribution in [2.45, 2.75) is 37.1 Å². The fourth-order valence-corrected chi connectivity index (χ4v) is 3.89. The Morgan fingerprint density at radius 2 is 1.50 bits per heavy atom. The first-order valence-electron chi connectivity index (χ1n) is 5.37. The van der Waals surface area contributed by atoms with Gasteiger partial charge in [0.2, 0.25) is 10.0 Å². The molecule has 0 N–H and O–H groups in total. The molecule has 0 unspecified atom stereocenters. The van der Waals surface area contributed by atoms with Gasteiger partial charge in [0.05, 0.1) is 11.2 Å². The highest BCUT2D eigenvalue weighted by Gasteiger charge is 2.46. The highest BCUT2D eigenvalue weighted by molar-refractivity contribution is 7.90. The Morgan fingerprint density at radius 3 is 1.88 bits per heavy atom. The van der Waals surface area contributed by atoms with Gasteiger partial charge in [-0.3, -0.25) is 0 Å². The molecule has 0 aromatic heterocycles. The molecule has 1 saturated carbocycles. The number of hydrogen-bond donors (Lipinski definition) is 0. The number of sulfonamides is 1. The molecule has 2 fully saturated rings. The average Bonchev–Trinajstić information content (AvgIpc) is 3.00. The summed E-state index contributed by atoms with van der Waals surface area (Å²) >= 11 is 0. The Balaban J connectivity index is 1.95. The van der Waals surface area contributed by atoms with Gasteiger partial charge in [-0.25, -0.2) is 12.7 Å². The van der Waals surface area contributed by atoms with Crippen LogP contribution in [0.25, 0.3) is 0 Å². The molecular weight excluding hydrogens is 243 g/mol. The largest absolute Gasteiger partial charge is 0.391 e. The lowest BCUT2D eigenvalue weighted by molar-refractivity contribution is -0.182. The Hall–Kier alpha value is -0.300. The molecule has 1 aliphatic heterocycles. The third-order valence-corrected chi connectivity index (χ3v) is 5.62. The molecule has 1 aliphatic carbocycles. The highest BCUT2D eigenvalue weighted by atomic mass is 32.2. The van der Waals surface area contributed by atoms with Crippen molar-refractivity contribution < 1.29 is 21.6 Å². The lowest BCUT2D eigenvalue weighted by atomic mass is 9.98. The smallest absolute Gasteiger partial charge is 0.212 e. The third kappa shape index (κ3) is 2.34. The maximum atomic E-state index is 12.4. The lowest BCUT2D eigenvalue weighted by Gasteiger charge is -2.32. The summed E-state index contributed by atoms with van der Waals surface area (Å²) in [5, 5.41) is -0.324. The summed E-state index contributed by atoms with van der Waals surface area (Å²) in [7, 11) is -3.29. The van der Waals surface area contributed by atoms with Gasteiger partial charge in [0.1, 0.15) is 0 Å². The van der Waals surface area contributed by atoms with Crippen molar-refractivity contribution in [1.82, 2.24) is 4.31 Å². The van der Waals surface area contributed by atoms with Crippen molar-refractivity contribution in [2.75, 3.05) is 13.1 Å². The normalized spacial score (nSPS) is 25.9. The van der Waals surface area contributed by atoms with Crippen molar-refractivity contribution in [2.24, 2.45) is 5.92 Å². The fraction of sp³-hybridized carbons (Fsp3) is 1.00. The molecule has 1 heterocycles. The fourth-order valence-electron chi connectivity index (χ4n) is 2.01. The molecule has 0 bridgehead atoms. The molecule has 94 valence electrons. The van der Waals surface area contributed by atoms with Crippen molar-refractivity contribution in [3.05, 3.63) is 0 Å². The van der Waals surface area contributed by atoms with Gasteiger partial charge in [0, 0.05) is 13.1 Å². The summed E-state index contributed by atoms with van der Waals surface area (Å²) in [5.41, 5.74) is 0. The third-order valence-electron chi connectivity index (χ3n) is 3.22. The second-order valence-electron chi connectivity index (χ2n) is 4.46. The second kappa shape index (κ2) is 3.87.